The minimum Gasteiger partial charge on any atom is -0.490 e. The maximum absolute atomic E-state index is 11.9. The van der Waals surface area contributed by atoms with Crippen LogP contribution in [0.25, 0.3) is 0 Å². The first-order valence-electron chi connectivity index (χ1n) is 6.28. The summed E-state index contributed by atoms with van der Waals surface area (Å²) >= 11 is 5.88. The Labute approximate surface area is 117 Å². The number of amides is 1. The highest BCUT2D eigenvalue weighted by Crippen LogP contribution is 2.28. The summed E-state index contributed by atoms with van der Waals surface area (Å²) in [6.07, 6.45) is 4.00. The normalized spacial score (nSPS) is 14.5. The van der Waals surface area contributed by atoms with E-state index in [9.17, 15) is 4.79 Å². The van der Waals surface area contributed by atoms with Gasteiger partial charge < -0.3 is 15.0 Å². The molecule has 1 aliphatic heterocycles. The van der Waals surface area contributed by atoms with Gasteiger partial charge in [0, 0.05) is 26.1 Å². The Bertz CT molecular complexity index is 449. The topological polar surface area (TPSA) is 67.4 Å². The predicted molar refractivity (Wildman–Crippen MR) is 72.5 cm³/mol. The van der Waals surface area contributed by atoms with Crippen LogP contribution in [0.5, 0.6) is 5.75 Å². The van der Waals surface area contributed by atoms with E-state index in [0.29, 0.717) is 24.5 Å². The van der Waals surface area contributed by atoms with Gasteiger partial charge >= 0.3 is 0 Å². The molecule has 1 aliphatic rings. The van der Waals surface area contributed by atoms with Crippen LogP contribution in [0.15, 0.2) is 6.33 Å². The molecule has 0 aromatic carbocycles. The molecule has 2 heterocycles. The smallest absolute Gasteiger partial charge is 0.224 e. The number of methoxy groups -OCH3 is 1. The number of rotatable bonds is 5. The molecule has 6 nitrogen and oxygen atoms in total. The van der Waals surface area contributed by atoms with Gasteiger partial charge in [0.25, 0.3) is 0 Å². The lowest BCUT2D eigenvalue weighted by Crippen LogP contribution is -2.29. The van der Waals surface area contributed by atoms with Crippen molar-refractivity contribution in [3.05, 3.63) is 11.5 Å². The molecule has 0 aliphatic carbocycles. The van der Waals surface area contributed by atoms with E-state index in [1.807, 2.05) is 4.90 Å². The summed E-state index contributed by atoms with van der Waals surface area (Å²) in [6.45, 7) is 2.25. The molecular weight excluding hydrogens is 268 g/mol. The molecule has 1 fully saturated rings. The van der Waals surface area contributed by atoms with Gasteiger partial charge in [-0.3, -0.25) is 4.79 Å². The number of carbonyl (C=O) groups is 1. The third-order valence-electron chi connectivity index (χ3n) is 3.05. The average Bonchev–Trinajstić information content (AvgIpc) is 2.93. The molecule has 104 valence electrons. The molecule has 1 amide bonds. The second-order valence-corrected chi connectivity index (χ2v) is 4.67. The van der Waals surface area contributed by atoms with Gasteiger partial charge in [-0.25, -0.2) is 9.97 Å². The van der Waals surface area contributed by atoms with E-state index in [1.54, 1.807) is 0 Å². The van der Waals surface area contributed by atoms with Crippen LogP contribution in [0.3, 0.4) is 0 Å². The van der Waals surface area contributed by atoms with E-state index in [2.05, 4.69) is 15.3 Å². The fourth-order valence-electron chi connectivity index (χ4n) is 2.07. The van der Waals surface area contributed by atoms with Crippen LogP contribution in [0, 0.1) is 0 Å². The Morgan fingerprint density at radius 1 is 1.47 bits per heavy atom. The molecule has 1 aromatic rings. The number of likely N-dealkylation sites (tertiary alicyclic amines) is 1. The lowest BCUT2D eigenvalue weighted by molar-refractivity contribution is -0.129. The van der Waals surface area contributed by atoms with Crippen molar-refractivity contribution in [3.63, 3.8) is 0 Å². The fraction of sp³-hybridized carbons (Fsp3) is 0.583. The summed E-state index contributed by atoms with van der Waals surface area (Å²) in [5.74, 6) is 1.08. The number of halogens is 1. The van der Waals surface area contributed by atoms with Crippen LogP contribution in [0.2, 0.25) is 5.15 Å². The van der Waals surface area contributed by atoms with Crippen molar-refractivity contribution in [2.75, 3.05) is 32.1 Å². The zero-order valence-electron chi connectivity index (χ0n) is 10.9. The molecule has 1 aromatic heterocycles. The number of anilines is 1. The van der Waals surface area contributed by atoms with Crippen molar-refractivity contribution < 1.29 is 9.53 Å². The molecule has 2 rings (SSSR count). The maximum Gasteiger partial charge on any atom is 0.224 e. The second kappa shape index (κ2) is 6.56. The van der Waals surface area contributed by atoms with E-state index in [4.69, 9.17) is 16.3 Å². The minimum absolute atomic E-state index is 0.170. The van der Waals surface area contributed by atoms with Crippen LogP contribution in [-0.4, -0.2) is 47.5 Å². The Hall–Kier alpha value is -1.56. The van der Waals surface area contributed by atoms with E-state index >= 15 is 0 Å². The van der Waals surface area contributed by atoms with Gasteiger partial charge in [-0.15, -0.1) is 0 Å². The number of aromatic nitrogens is 2. The van der Waals surface area contributed by atoms with E-state index in [-0.39, 0.29) is 11.1 Å². The molecule has 0 spiro atoms. The largest absolute Gasteiger partial charge is 0.490 e. The van der Waals surface area contributed by atoms with Crippen molar-refractivity contribution in [1.82, 2.24) is 14.9 Å². The van der Waals surface area contributed by atoms with Crippen molar-refractivity contribution in [3.8, 4) is 5.75 Å². The Morgan fingerprint density at radius 2 is 2.21 bits per heavy atom. The molecule has 1 N–H and O–H groups in total. The summed E-state index contributed by atoms with van der Waals surface area (Å²) < 4.78 is 5.12. The molecule has 1 saturated heterocycles. The van der Waals surface area contributed by atoms with Crippen LogP contribution in [-0.2, 0) is 4.79 Å². The van der Waals surface area contributed by atoms with Gasteiger partial charge in [-0.05, 0) is 12.8 Å². The third-order valence-corrected chi connectivity index (χ3v) is 3.32. The van der Waals surface area contributed by atoms with Crippen molar-refractivity contribution in [2.24, 2.45) is 0 Å². The van der Waals surface area contributed by atoms with Crippen molar-refractivity contribution in [2.45, 2.75) is 19.3 Å². The highest BCUT2D eigenvalue weighted by Gasteiger charge is 2.17. The summed E-state index contributed by atoms with van der Waals surface area (Å²) in [4.78, 5) is 21.6. The van der Waals surface area contributed by atoms with E-state index in [1.165, 1.54) is 13.4 Å². The third kappa shape index (κ3) is 3.47. The highest BCUT2D eigenvalue weighted by atomic mass is 35.5. The average molecular weight is 285 g/mol. The van der Waals surface area contributed by atoms with Crippen LogP contribution >= 0.6 is 11.6 Å². The molecule has 0 saturated carbocycles. The molecule has 0 radical (unpaired) electrons. The number of nitrogens with one attached hydrogen (secondary N) is 1. The maximum atomic E-state index is 11.9. The number of hydrogen-bond acceptors (Lipinski definition) is 5. The van der Waals surface area contributed by atoms with Gasteiger partial charge in [0.05, 0.1) is 7.11 Å². The molecule has 0 unspecified atom stereocenters. The van der Waals surface area contributed by atoms with Gasteiger partial charge in [0.15, 0.2) is 16.7 Å². The lowest BCUT2D eigenvalue weighted by Gasteiger charge is -2.15. The fourth-order valence-corrected chi connectivity index (χ4v) is 2.28. The lowest BCUT2D eigenvalue weighted by atomic mass is 10.3. The zero-order valence-corrected chi connectivity index (χ0v) is 11.6. The van der Waals surface area contributed by atoms with Gasteiger partial charge in [0.1, 0.15) is 6.33 Å². The SMILES string of the molecule is COc1c(Cl)ncnc1NCCC(=O)N1CCCC1. The Kier molecular flexibility index (Phi) is 4.79. The number of nitrogens with zero attached hydrogens (tertiary/aromatic N) is 3. The zero-order chi connectivity index (χ0) is 13.7. The van der Waals surface area contributed by atoms with Crippen molar-refractivity contribution >= 4 is 23.3 Å². The first-order chi connectivity index (χ1) is 9.22. The number of ether oxygens (including phenoxy) is 1. The molecule has 7 heteroatoms. The van der Waals surface area contributed by atoms with Crippen molar-refractivity contribution in [1.29, 1.82) is 0 Å². The second-order valence-electron chi connectivity index (χ2n) is 4.31. The molecule has 19 heavy (non-hydrogen) atoms. The Balaban J connectivity index is 1.85. The standard InChI is InChI=1S/C12H17ClN4O2/c1-19-10-11(13)15-8-16-12(10)14-5-4-9(18)17-6-2-3-7-17/h8H,2-7H2,1H3,(H,14,15,16). The van der Waals surface area contributed by atoms with Crippen LogP contribution in [0.4, 0.5) is 5.82 Å². The highest BCUT2D eigenvalue weighted by molar-refractivity contribution is 6.31. The minimum atomic E-state index is 0.170. The molecular formula is C12H17ClN4O2. The summed E-state index contributed by atoms with van der Waals surface area (Å²) in [5, 5.41) is 3.31. The van der Waals surface area contributed by atoms with E-state index in [0.717, 1.165) is 25.9 Å². The first kappa shape index (κ1) is 13.9. The number of carbonyl (C=O) groups excluding carboxylic acids is 1. The van der Waals surface area contributed by atoms with E-state index < -0.39 is 0 Å². The monoisotopic (exact) mass is 284 g/mol. The Morgan fingerprint density at radius 3 is 2.89 bits per heavy atom. The molecule has 0 atom stereocenters. The first-order valence-corrected chi connectivity index (χ1v) is 6.66. The van der Waals surface area contributed by atoms with Gasteiger partial charge in [-0.1, -0.05) is 11.6 Å². The van der Waals surface area contributed by atoms with Crippen LogP contribution < -0.4 is 10.1 Å². The summed E-state index contributed by atoms with van der Waals surface area (Å²) in [6, 6.07) is 0. The van der Waals surface area contributed by atoms with Crippen LogP contribution in [0.1, 0.15) is 19.3 Å². The summed E-state index contributed by atoms with van der Waals surface area (Å²) in [5.41, 5.74) is 0. The summed E-state index contributed by atoms with van der Waals surface area (Å²) in [7, 11) is 1.51. The quantitative estimate of drug-likeness (QED) is 0.831. The predicted octanol–water partition coefficient (Wildman–Crippen LogP) is 1.56. The number of hydrogen-bond donors (Lipinski definition) is 1. The van der Waals surface area contributed by atoms with Gasteiger partial charge in [-0.2, -0.15) is 0 Å². The van der Waals surface area contributed by atoms with Gasteiger partial charge in [0.2, 0.25) is 5.91 Å². The molecule has 0 bridgehead atoms.